The minimum absolute atomic E-state index is 0.809. The third-order valence-electron chi connectivity index (χ3n) is 2.42. The Balaban J connectivity index is 2.91. The number of hydrogen-bond acceptors (Lipinski definition) is 2. The summed E-state index contributed by atoms with van der Waals surface area (Å²) in [5.41, 5.74) is 0. The molecule has 0 saturated heterocycles. The second-order valence-corrected chi connectivity index (χ2v) is 4.96. The molecule has 0 aromatic heterocycles. The minimum atomic E-state index is 0.809. The number of hydrogen-bond donors (Lipinski definition) is 0. The van der Waals surface area contributed by atoms with Crippen LogP contribution in [0.3, 0.4) is 0 Å². The summed E-state index contributed by atoms with van der Waals surface area (Å²) in [5, 5.41) is 2.04. The topological polar surface area (TPSA) is 18.5 Å². The molecule has 0 fully saturated rings. The van der Waals surface area contributed by atoms with Gasteiger partial charge in [-0.15, -0.1) is 0 Å². The van der Waals surface area contributed by atoms with Crippen molar-refractivity contribution in [1.29, 1.82) is 0 Å². The first-order chi connectivity index (χ1) is 7.69. The van der Waals surface area contributed by atoms with Crippen LogP contribution in [0.5, 0.6) is 11.5 Å². The first-order valence-electron chi connectivity index (χ1n) is 4.67. The van der Waals surface area contributed by atoms with Crippen molar-refractivity contribution in [1.82, 2.24) is 0 Å². The summed E-state index contributed by atoms with van der Waals surface area (Å²) >= 11 is 7.00. The second kappa shape index (κ2) is 4.63. The number of fused-ring (bicyclic) bond motifs is 1. The Hall–Kier alpha value is -0.740. The van der Waals surface area contributed by atoms with Crippen LogP contribution < -0.4 is 9.47 Å². The summed E-state index contributed by atoms with van der Waals surface area (Å²) < 4.78 is 12.7. The van der Waals surface area contributed by atoms with E-state index < -0.39 is 0 Å². The van der Waals surface area contributed by atoms with Gasteiger partial charge in [-0.05, 0) is 40.2 Å². The molecule has 0 spiro atoms. The van der Waals surface area contributed by atoms with Crippen molar-refractivity contribution in [2.24, 2.45) is 0 Å². The predicted molar refractivity (Wildman–Crippen MR) is 72.5 cm³/mol. The molecule has 0 aliphatic carbocycles. The zero-order chi connectivity index (χ0) is 11.7. The molecule has 16 heavy (non-hydrogen) atoms. The van der Waals surface area contributed by atoms with Gasteiger partial charge in [-0.25, -0.2) is 0 Å². The average molecular weight is 346 g/mol. The highest BCUT2D eigenvalue weighted by atomic mass is 79.9. The van der Waals surface area contributed by atoms with Gasteiger partial charge in [0.05, 0.1) is 18.7 Å². The lowest BCUT2D eigenvalue weighted by Crippen LogP contribution is -1.90. The number of halogens is 2. The molecule has 84 valence electrons. The lowest BCUT2D eigenvalue weighted by atomic mass is 10.1. The Labute approximate surface area is 111 Å². The summed E-state index contributed by atoms with van der Waals surface area (Å²) in [4.78, 5) is 0. The van der Waals surface area contributed by atoms with E-state index in [9.17, 15) is 0 Å². The lowest BCUT2D eigenvalue weighted by Gasteiger charge is -2.12. The van der Waals surface area contributed by atoms with Crippen LogP contribution in [0.1, 0.15) is 0 Å². The highest BCUT2D eigenvalue weighted by molar-refractivity contribution is 9.11. The van der Waals surface area contributed by atoms with Gasteiger partial charge in [0.25, 0.3) is 0 Å². The second-order valence-electron chi connectivity index (χ2n) is 3.25. The number of methoxy groups -OCH3 is 2. The van der Waals surface area contributed by atoms with Crippen LogP contribution in [0.4, 0.5) is 0 Å². The van der Waals surface area contributed by atoms with Crippen molar-refractivity contribution in [2.75, 3.05) is 14.2 Å². The van der Waals surface area contributed by atoms with Crippen molar-refractivity contribution in [3.63, 3.8) is 0 Å². The summed E-state index contributed by atoms with van der Waals surface area (Å²) in [5.74, 6) is 1.65. The number of benzene rings is 2. The normalized spacial score (nSPS) is 10.5. The van der Waals surface area contributed by atoms with Gasteiger partial charge in [0.2, 0.25) is 0 Å². The van der Waals surface area contributed by atoms with Gasteiger partial charge >= 0.3 is 0 Å². The van der Waals surface area contributed by atoms with Gasteiger partial charge < -0.3 is 9.47 Å². The largest absolute Gasteiger partial charge is 0.496 e. The first-order valence-corrected chi connectivity index (χ1v) is 6.26. The van der Waals surface area contributed by atoms with E-state index in [4.69, 9.17) is 9.47 Å². The smallest absolute Gasteiger partial charge is 0.142 e. The van der Waals surface area contributed by atoms with E-state index in [1.54, 1.807) is 14.2 Å². The average Bonchev–Trinajstić information content (AvgIpc) is 2.30. The molecule has 0 saturated carbocycles. The van der Waals surface area contributed by atoms with Crippen molar-refractivity contribution >= 4 is 42.6 Å². The lowest BCUT2D eigenvalue weighted by molar-refractivity contribution is 0.413. The fourth-order valence-electron chi connectivity index (χ4n) is 1.70. The van der Waals surface area contributed by atoms with Crippen LogP contribution in [0.2, 0.25) is 0 Å². The quantitative estimate of drug-likeness (QED) is 0.804. The third kappa shape index (κ3) is 1.80. The summed E-state index contributed by atoms with van der Waals surface area (Å²) in [6, 6.07) is 7.84. The maximum absolute atomic E-state index is 5.41. The van der Waals surface area contributed by atoms with Crippen LogP contribution in [0.15, 0.2) is 33.2 Å². The fraction of sp³-hybridized carbons (Fsp3) is 0.167. The molecule has 0 amide bonds. The third-order valence-corrected chi connectivity index (χ3v) is 3.70. The summed E-state index contributed by atoms with van der Waals surface area (Å²) in [6.07, 6.45) is 0. The van der Waals surface area contributed by atoms with Gasteiger partial charge in [0.15, 0.2) is 0 Å². The van der Waals surface area contributed by atoms with E-state index in [2.05, 4.69) is 31.9 Å². The first kappa shape index (κ1) is 11.7. The molecule has 0 aliphatic heterocycles. The van der Waals surface area contributed by atoms with E-state index >= 15 is 0 Å². The molecule has 0 radical (unpaired) electrons. The van der Waals surface area contributed by atoms with Gasteiger partial charge in [-0.2, -0.15) is 0 Å². The Bertz CT molecular complexity index is 538. The molecule has 0 heterocycles. The predicted octanol–water partition coefficient (Wildman–Crippen LogP) is 4.38. The summed E-state index contributed by atoms with van der Waals surface area (Å²) in [7, 11) is 3.32. The van der Waals surface area contributed by atoms with Crippen molar-refractivity contribution < 1.29 is 9.47 Å². The molecule has 4 heteroatoms. The van der Waals surface area contributed by atoms with Crippen molar-refractivity contribution in [2.45, 2.75) is 0 Å². The molecule has 0 bridgehead atoms. The number of rotatable bonds is 2. The van der Waals surface area contributed by atoms with Crippen LogP contribution in [0.25, 0.3) is 10.8 Å². The molecule has 2 nitrogen and oxygen atoms in total. The SMILES string of the molecule is COc1ccc(Br)c2c(OC)c(Br)ccc12. The molecule has 2 rings (SSSR count). The molecule has 0 aliphatic rings. The molecular weight excluding hydrogens is 336 g/mol. The highest BCUT2D eigenvalue weighted by Gasteiger charge is 2.12. The van der Waals surface area contributed by atoms with Crippen LogP contribution in [-0.4, -0.2) is 14.2 Å². The fourth-order valence-corrected chi connectivity index (χ4v) is 2.72. The van der Waals surface area contributed by atoms with Crippen LogP contribution in [-0.2, 0) is 0 Å². The standard InChI is InChI=1S/C12H10Br2O2/c1-15-10-6-5-8(13)11-7(10)3-4-9(14)12(11)16-2/h3-6H,1-2H3. The van der Waals surface area contributed by atoms with Crippen LogP contribution in [0, 0.1) is 0 Å². The van der Waals surface area contributed by atoms with Gasteiger partial charge in [0.1, 0.15) is 11.5 Å². The maximum Gasteiger partial charge on any atom is 0.142 e. The molecule has 2 aromatic carbocycles. The van der Waals surface area contributed by atoms with E-state index in [0.29, 0.717) is 0 Å². The molecule has 0 atom stereocenters. The highest BCUT2D eigenvalue weighted by Crippen LogP contribution is 2.41. The van der Waals surface area contributed by atoms with E-state index in [0.717, 1.165) is 31.2 Å². The van der Waals surface area contributed by atoms with Gasteiger partial charge in [-0.3, -0.25) is 0 Å². The van der Waals surface area contributed by atoms with Crippen molar-refractivity contribution in [3.8, 4) is 11.5 Å². The van der Waals surface area contributed by atoms with E-state index in [1.165, 1.54) is 0 Å². The van der Waals surface area contributed by atoms with E-state index in [1.807, 2.05) is 24.3 Å². The Morgan fingerprint density at radius 2 is 1.56 bits per heavy atom. The Morgan fingerprint density at radius 1 is 0.875 bits per heavy atom. The zero-order valence-electron chi connectivity index (χ0n) is 8.88. The zero-order valence-corrected chi connectivity index (χ0v) is 12.1. The maximum atomic E-state index is 5.41. The Morgan fingerprint density at radius 3 is 2.19 bits per heavy atom. The molecule has 2 aromatic rings. The van der Waals surface area contributed by atoms with Gasteiger partial charge in [0, 0.05) is 15.2 Å². The molecular formula is C12H10Br2O2. The molecule has 0 N–H and O–H groups in total. The van der Waals surface area contributed by atoms with Crippen LogP contribution >= 0.6 is 31.9 Å². The minimum Gasteiger partial charge on any atom is -0.496 e. The molecule has 0 unspecified atom stereocenters. The Kier molecular flexibility index (Phi) is 3.40. The summed E-state index contributed by atoms with van der Waals surface area (Å²) in [6.45, 7) is 0. The van der Waals surface area contributed by atoms with Gasteiger partial charge in [-0.1, -0.05) is 15.9 Å². The van der Waals surface area contributed by atoms with E-state index in [-0.39, 0.29) is 0 Å². The number of ether oxygens (including phenoxy) is 2. The van der Waals surface area contributed by atoms with Crippen molar-refractivity contribution in [3.05, 3.63) is 33.2 Å². The monoisotopic (exact) mass is 344 g/mol.